The van der Waals surface area contributed by atoms with Crippen LogP contribution in [0.1, 0.15) is 29.6 Å². The van der Waals surface area contributed by atoms with Gasteiger partial charge in [0.15, 0.2) is 6.61 Å². The zero-order chi connectivity index (χ0) is 16.8. The van der Waals surface area contributed by atoms with E-state index in [0.29, 0.717) is 18.8 Å². The first-order valence-electron chi connectivity index (χ1n) is 7.44. The van der Waals surface area contributed by atoms with Crippen LogP contribution < -0.4 is 5.32 Å². The Balaban J connectivity index is 1.99. The Hall–Kier alpha value is -2.64. The number of carbonyl (C=O) groups is 2. The molecule has 0 saturated carbocycles. The van der Waals surface area contributed by atoms with Crippen molar-refractivity contribution in [1.29, 1.82) is 0 Å². The summed E-state index contributed by atoms with van der Waals surface area (Å²) in [6, 6.07) is 3.99. The van der Waals surface area contributed by atoms with Crippen LogP contribution in [0.15, 0.2) is 18.2 Å². The fraction of sp³-hybridized carbons (Fsp3) is 0.467. The lowest BCUT2D eigenvalue weighted by Gasteiger charge is -2.26. The summed E-state index contributed by atoms with van der Waals surface area (Å²) < 4.78 is 4.98. The van der Waals surface area contributed by atoms with Crippen LogP contribution in [0.4, 0.5) is 11.4 Å². The van der Waals surface area contributed by atoms with Crippen LogP contribution in [0.2, 0.25) is 0 Å². The maximum absolute atomic E-state index is 12.0. The number of anilines is 1. The third kappa shape index (κ3) is 4.18. The summed E-state index contributed by atoms with van der Waals surface area (Å²) >= 11 is 0. The van der Waals surface area contributed by atoms with Gasteiger partial charge in [-0.25, -0.2) is 4.79 Å². The van der Waals surface area contributed by atoms with Gasteiger partial charge in [0, 0.05) is 26.2 Å². The minimum atomic E-state index is -0.749. The Morgan fingerprint density at radius 2 is 2.00 bits per heavy atom. The van der Waals surface area contributed by atoms with Gasteiger partial charge >= 0.3 is 5.97 Å². The van der Waals surface area contributed by atoms with Gasteiger partial charge in [-0.2, -0.15) is 0 Å². The second kappa shape index (κ2) is 7.57. The van der Waals surface area contributed by atoms with Crippen molar-refractivity contribution in [3.63, 3.8) is 0 Å². The molecule has 23 heavy (non-hydrogen) atoms. The highest BCUT2D eigenvalue weighted by atomic mass is 16.6. The van der Waals surface area contributed by atoms with Crippen LogP contribution in [0, 0.1) is 10.1 Å². The molecule has 0 unspecified atom stereocenters. The maximum atomic E-state index is 12.0. The molecule has 1 saturated heterocycles. The normalized spacial score (nSPS) is 14.2. The quantitative estimate of drug-likeness (QED) is 0.504. The maximum Gasteiger partial charge on any atom is 0.338 e. The zero-order valence-electron chi connectivity index (χ0n) is 12.9. The van der Waals surface area contributed by atoms with Gasteiger partial charge in [-0.05, 0) is 31.4 Å². The third-order valence-corrected chi connectivity index (χ3v) is 3.73. The van der Waals surface area contributed by atoms with Crippen LogP contribution >= 0.6 is 0 Å². The van der Waals surface area contributed by atoms with Gasteiger partial charge in [-0.15, -0.1) is 0 Å². The molecule has 124 valence electrons. The Morgan fingerprint density at radius 1 is 1.30 bits per heavy atom. The minimum absolute atomic E-state index is 0.0437. The molecule has 1 aromatic rings. The largest absolute Gasteiger partial charge is 0.452 e. The number of nitro groups is 1. The van der Waals surface area contributed by atoms with E-state index in [2.05, 4.69) is 5.32 Å². The molecule has 1 heterocycles. The monoisotopic (exact) mass is 321 g/mol. The van der Waals surface area contributed by atoms with Crippen molar-refractivity contribution in [3.8, 4) is 0 Å². The molecule has 1 aliphatic rings. The number of piperidine rings is 1. The van der Waals surface area contributed by atoms with E-state index in [1.165, 1.54) is 12.1 Å². The summed E-state index contributed by atoms with van der Waals surface area (Å²) in [5.41, 5.74) is 0.127. The number of nitrogens with zero attached hydrogens (tertiary/aromatic N) is 2. The van der Waals surface area contributed by atoms with E-state index < -0.39 is 10.9 Å². The lowest BCUT2D eigenvalue weighted by atomic mass is 10.1. The predicted octanol–water partition coefficient (Wildman–Crippen LogP) is 1.81. The van der Waals surface area contributed by atoms with Crippen LogP contribution in [-0.2, 0) is 9.53 Å². The number of carbonyl (C=O) groups excluding carboxylic acids is 2. The highest BCUT2D eigenvalue weighted by Crippen LogP contribution is 2.25. The van der Waals surface area contributed by atoms with Crippen LogP contribution in [0.5, 0.6) is 0 Å². The lowest BCUT2D eigenvalue weighted by Crippen LogP contribution is -2.38. The van der Waals surface area contributed by atoms with Gasteiger partial charge in [0.2, 0.25) is 0 Å². The summed E-state index contributed by atoms with van der Waals surface area (Å²) in [5.74, 6) is -0.986. The summed E-state index contributed by atoms with van der Waals surface area (Å²) in [6.45, 7) is 1.01. The van der Waals surface area contributed by atoms with Crippen molar-refractivity contribution in [2.45, 2.75) is 19.3 Å². The molecule has 1 fully saturated rings. The average Bonchev–Trinajstić information content (AvgIpc) is 2.59. The molecule has 0 aromatic heterocycles. The van der Waals surface area contributed by atoms with Crippen molar-refractivity contribution < 1.29 is 19.2 Å². The van der Waals surface area contributed by atoms with E-state index in [-0.39, 0.29) is 23.8 Å². The van der Waals surface area contributed by atoms with Gasteiger partial charge in [0.05, 0.1) is 10.5 Å². The number of esters is 1. The predicted molar refractivity (Wildman–Crippen MR) is 83.4 cm³/mol. The van der Waals surface area contributed by atoms with E-state index in [9.17, 15) is 19.7 Å². The molecule has 8 nitrogen and oxygen atoms in total. The summed E-state index contributed by atoms with van der Waals surface area (Å²) in [6.07, 6.45) is 3.01. The lowest BCUT2D eigenvalue weighted by molar-refractivity contribution is -0.384. The number of ether oxygens (including phenoxy) is 1. The SMILES string of the molecule is CNc1ccc(C(=O)OCC(=O)N2CCCCC2)cc1[N+](=O)[O-]. The number of nitrogens with one attached hydrogen (secondary N) is 1. The first-order chi connectivity index (χ1) is 11.0. The van der Waals surface area contributed by atoms with E-state index in [4.69, 9.17) is 4.74 Å². The average molecular weight is 321 g/mol. The van der Waals surface area contributed by atoms with E-state index in [0.717, 1.165) is 25.3 Å². The van der Waals surface area contributed by atoms with Gasteiger partial charge < -0.3 is 15.0 Å². The highest BCUT2D eigenvalue weighted by Gasteiger charge is 2.20. The van der Waals surface area contributed by atoms with Gasteiger partial charge in [0.25, 0.3) is 11.6 Å². The number of nitro benzene ring substituents is 1. The standard InChI is InChI=1S/C15H19N3O5/c1-16-12-6-5-11(9-13(12)18(21)22)15(20)23-10-14(19)17-7-3-2-4-8-17/h5-6,9,16H,2-4,7-8,10H2,1H3. The van der Waals surface area contributed by atoms with Gasteiger partial charge in [-0.1, -0.05) is 0 Å². The van der Waals surface area contributed by atoms with E-state index in [1.807, 2.05) is 0 Å². The minimum Gasteiger partial charge on any atom is -0.452 e. The highest BCUT2D eigenvalue weighted by molar-refractivity contribution is 5.93. The Bertz CT molecular complexity index is 611. The van der Waals surface area contributed by atoms with Crippen molar-refractivity contribution in [2.75, 3.05) is 32.1 Å². The van der Waals surface area contributed by atoms with E-state index in [1.54, 1.807) is 11.9 Å². The summed E-state index contributed by atoms with van der Waals surface area (Å²) in [5, 5.41) is 13.7. The Labute approximate surface area is 133 Å². The molecule has 1 aromatic carbocycles. The molecule has 0 aliphatic carbocycles. The fourth-order valence-electron chi connectivity index (χ4n) is 2.47. The summed E-state index contributed by atoms with van der Waals surface area (Å²) in [4.78, 5) is 36.0. The second-order valence-corrected chi connectivity index (χ2v) is 5.26. The van der Waals surface area contributed by atoms with Crippen molar-refractivity contribution in [1.82, 2.24) is 4.90 Å². The topological polar surface area (TPSA) is 102 Å². The first kappa shape index (κ1) is 16.7. The van der Waals surface area contributed by atoms with Crippen molar-refractivity contribution >= 4 is 23.3 Å². The number of amides is 1. The summed E-state index contributed by atoms with van der Waals surface area (Å²) in [7, 11) is 1.55. The van der Waals surface area contributed by atoms with Crippen LogP contribution in [0.3, 0.4) is 0 Å². The third-order valence-electron chi connectivity index (χ3n) is 3.73. The zero-order valence-corrected chi connectivity index (χ0v) is 12.9. The molecule has 1 amide bonds. The first-order valence-corrected chi connectivity index (χ1v) is 7.44. The van der Waals surface area contributed by atoms with Crippen molar-refractivity contribution in [3.05, 3.63) is 33.9 Å². The van der Waals surface area contributed by atoms with Gasteiger partial charge in [-0.3, -0.25) is 14.9 Å². The number of benzene rings is 1. The van der Waals surface area contributed by atoms with Gasteiger partial charge in [0.1, 0.15) is 5.69 Å². The number of hydrogen-bond acceptors (Lipinski definition) is 6. The van der Waals surface area contributed by atoms with Crippen molar-refractivity contribution in [2.24, 2.45) is 0 Å². The molecule has 0 bridgehead atoms. The Kier molecular flexibility index (Phi) is 5.51. The number of rotatable bonds is 5. The molecule has 1 N–H and O–H groups in total. The molecule has 0 radical (unpaired) electrons. The van der Waals surface area contributed by atoms with Crippen LogP contribution in [0.25, 0.3) is 0 Å². The Morgan fingerprint density at radius 3 is 2.61 bits per heavy atom. The number of likely N-dealkylation sites (tertiary alicyclic amines) is 1. The molecule has 0 atom stereocenters. The smallest absolute Gasteiger partial charge is 0.338 e. The second-order valence-electron chi connectivity index (χ2n) is 5.26. The fourth-order valence-corrected chi connectivity index (χ4v) is 2.47. The van der Waals surface area contributed by atoms with Crippen LogP contribution in [-0.4, -0.2) is 48.4 Å². The number of hydrogen-bond donors (Lipinski definition) is 1. The van der Waals surface area contributed by atoms with E-state index >= 15 is 0 Å². The molecular formula is C15H19N3O5. The molecule has 1 aliphatic heterocycles. The molecule has 2 rings (SSSR count). The molecular weight excluding hydrogens is 302 g/mol. The molecule has 0 spiro atoms. The molecule has 8 heteroatoms.